The summed E-state index contributed by atoms with van der Waals surface area (Å²) in [6.45, 7) is 4.81. The molecule has 0 radical (unpaired) electrons. The van der Waals surface area contributed by atoms with Crippen molar-refractivity contribution in [1.29, 1.82) is 5.26 Å². The number of carbonyl (C=O) groups excluding carboxylic acids is 1. The van der Waals surface area contributed by atoms with Gasteiger partial charge < -0.3 is 5.32 Å². The monoisotopic (exact) mass is 510 g/mol. The minimum absolute atomic E-state index is 0.0289. The van der Waals surface area contributed by atoms with E-state index in [1.807, 2.05) is 0 Å². The molecule has 184 valence electrons. The van der Waals surface area contributed by atoms with Crippen molar-refractivity contribution in [3.05, 3.63) is 44.8 Å². The zero-order valence-electron chi connectivity index (χ0n) is 19.9. The Morgan fingerprint density at radius 3 is 2.69 bits per heavy atom. The molecule has 0 spiro atoms. The fourth-order valence-corrected chi connectivity index (χ4v) is 9.05. The first-order valence-corrected chi connectivity index (χ1v) is 14.9. The van der Waals surface area contributed by atoms with Gasteiger partial charge in [0, 0.05) is 17.1 Å². The van der Waals surface area contributed by atoms with E-state index in [9.17, 15) is 18.5 Å². The van der Waals surface area contributed by atoms with Crippen LogP contribution in [0.4, 0.5) is 10.5 Å². The topological polar surface area (TPSA) is 102 Å². The Bertz CT molecular complexity index is 1350. The third-order valence-corrected chi connectivity index (χ3v) is 11.3. The van der Waals surface area contributed by atoms with E-state index in [4.69, 9.17) is 0 Å². The number of nitrogens with one attached hydrogen (secondary N) is 2. The summed E-state index contributed by atoms with van der Waals surface area (Å²) >= 11 is 1.15. The van der Waals surface area contributed by atoms with Gasteiger partial charge in [-0.1, -0.05) is 19.1 Å². The highest BCUT2D eigenvalue weighted by molar-refractivity contribution is 7.92. The van der Waals surface area contributed by atoms with Gasteiger partial charge in [0.15, 0.2) is 4.21 Å². The highest BCUT2D eigenvalue weighted by atomic mass is 32.2. The third-order valence-electron chi connectivity index (χ3n) is 8.31. The minimum Gasteiger partial charge on any atom is -0.307 e. The van der Waals surface area contributed by atoms with Crippen LogP contribution in [-0.4, -0.2) is 32.4 Å². The van der Waals surface area contributed by atoms with Gasteiger partial charge in [-0.25, -0.2) is 17.9 Å². The van der Waals surface area contributed by atoms with E-state index >= 15 is 0 Å². The number of anilines is 1. The molecule has 2 amide bonds. The molecule has 1 saturated carbocycles. The number of hydrogen-bond acceptors (Lipinski definition) is 6. The zero-order chi connectivity index (χ0) is 24.3. The van der Waals surface area contributed by atoms with E-state index in [0.29, 0.717) is 18.4 Å². The van der Waals surface area contributed by atoms with E-state index < -0.39 is 16.1 Å². The van der Waals surface area contributed by atoms with Crippen molar-refractivity contribution in [3.63, 3.8) is 0 Å². The fourth-order valence-electron chi connectivity index (χ4n) is 6.26. The third kappa shape index (κ3) is 4.05. The molecule has 2 N–H and O–H groups in total. The molecule has 5 aliphatic rings. The van der Waals surface area contributed by atoms with E-state index in [1.54, 1.807) is 0 Å². The fraction of sp³-hybridized carbons (Fsp3) is 0.538. The predicted octanol–water partition coefficient (Wildman–Crippen LogP) is 4.83. The van der Waals surface area contributed by atoms with Crippen LogP contribution >= 0.6 is 11.3 Å². The summed E-state index contributed by atoms with van der Waals surface area (Å²) in [5.74, 6) is 1.15. The van der Waals surface area contributed by atoms with Crippen molar-refractivity contribution in [2.45, 2.75) is 74.5 Å². The Balaban J connectivity index is 1.29. The Morgan fingerprint density at radius 1 is 1.20 bits per heavy atom. The summed E-state index contributed by atoms with van der Waals surface area (Å²) in [6, 6.07) is 5.67. The molecule has 35 heavy (non-hydrogen) atoms. The van der Waals surface area contributed by atoms with Crippen LogP contribution in [0, 0.1) is 17.2 Å². The molecule has 7 rings (SSSR count). The summed E-state index contributed by atoms with van der Waals surface area (Å²) in [6.07, 6.45) is 7.16. The second kappa shape index (κ2) is 8.61. The molecule has 2 bridgehead atoms. The van der Waals surface area contributed by atoms with Gasteiger partial charge >= 0.3 is 6.03 Å². The number of hydrogen-bond donors (Lipinski definition) is 2. The normalized spacial score (nSPS) is 23.7. The maximum absolute atomic E-state index is 13.4. The van der Waals surface area contributed by atoms with Crippen LogP contribution in [0.5, 0.6) is 0 Å². The molecule has 1 aromatic carbocycles. The quantitative estimate of drug-likeness (QED) is 0.600. The van der Waals surface area contributed by atoms with Crippen LogP contribution in [0.2, 0.25) is 0 Å². The second-order valence-corrected chi connectivity index (χ2v) is 13.5. The number of rotatable bonds is 5. The number of benzene rings is 1. The Labute approximate surface area is 210 Å². The second-order valence-electron chi connectivity index (χ2n) is 10.5. The van der Waals surface area contributed by atoms with Gasteiger partial charge in [-0.15, -0.1) is 11.3 Å². The van der Waals surface area contributed by atoms with Gasteiger partial charge in [-0.2, -0.15) is 5.26 Å². The number of carbonyl (C=O) groups is 1. The van der Waals surface area contributed by atoms with Gasteiger partial charge in [-0.3, -0.25) is 4.90 Å². The number of sulfonamides is 1. The van der Waals surface area contributed by atoms with Crippen LogP contribution in [-0.2, 0) is 29.4 Å². The van der Waals surface area contributed by atoms with Crippen molar-refractivity contribution in [1.82, 2.24) is 9.62 Å². The number of urea groups is 1. The van der Waals surface area contributed by atoms with Crippen molar-refractivity contribution < 1.29 is 13.2 Å². The van der Waals surface area contributed by atoms with Gasteiger partial charge in [0.1, 0.15) is 6.07 Å². The summed E-state index contributed by atoms with van der Waals surface area (Å²) in [7, 11) is -4.18. The van der Waals surface area contributed by atoms with Crippen molar-refractivity contribution in [2.75, 3.05) is 18.4 Å². The van der Waals surface area contributed by atoms with Crippen LogP contribution < -0.4 is 10.0 Å². The van der Waals surface area contributed by atoms with E-state index in [-0.39, 0.29) is 15.7 Å². The lowest BCUT2D eigenvalue weighted by Crippen LogP contribution is -2.35. The highest BCUT2D eigenvalue weighted by Gasteiger charge is 2.37. The number of amides is 2. The molecule has 1 atom stereocenters. The van der Waals surface area contributed by atoms with Gasteiger partial charge in [0.2, 0.25) is 0 Å². The lowest BCUT2D eigenvalue weighted by molar-refractivity contribution is 0.221. The van der Waals surface area contributed by atoms with Gasteiger partial charge in [0.25, 0.3) is 10.0 Å². The van der Waals surface area contributed by atoms with Crippen LogP contribution in [0.25, 0.3) is 0 Å². The molecule has 7 nitrogen and oxygen atoms in total. The number of piperidine rings is 1. The van der Waals surface area contributed by atoms with Gasteiger partial charge in [-0.05, 0) is 98.0 Å². The smallest absolute Gasteiger partial charge is 0.307 e. The molecule has 2 fully saturated rings. The van der Waals surface area contributed by atoms with Crippen LogP contribution in [0.1, 0.15) is 83.6 Å². The molecule has 3 aliphatic heterocycles. The average molecular weight is 511 g/mol. The number of fused-ring (bicyclic) bond motifs is 3. The lowest BCUT2D eigenvalue weighted by Gasteiger charge is -2.26. The first-order valence-electron chi connectivity index (χ1n) is 12.6. The van der Waals surface area contributed by atoms with E-state index in [1.165, 1.54) is 18.4 Å². The largest absolute Gasteiger partial charge is 0.333 e. The molecule has 4 heterocycles. The van der Waals surface area contributed by atoms with E-state index in [0.717, 1.165) is 83.8 Å². The van der Waals surface area contributed by atoms with Gasteiger partial charge in [0.05, 0.1) is 5.56 Å². The average Bonchev–Trinajstić information content (AvgIpc) is 3.53. The molecular formula is C26H30N4O3S2. The van der Waals surface area contributed by atoms with Crippen molar-refractivity contribution in [2.24, 2.45) is 5.92 Å². The molecule has 1 saturated heterocycles. The maximum atomic E-state index is 13.4. The number of thiophene rings is 1. The number of aryl methyl sites for hydroxylation is 1. The van der Waals surface area contributed by atoms with Crippen molar-refractivity contribution in [3.8, 4) is 6.07 Å². The summed E-state index contributed by atoms with van der Waals surface area (Å²) < 4.78 is 28.9. The Hall–Kier alpha value is -2.41. The molecule has 2 aromatic rings. The number of nitrogens with zero attached hydrogens (tertiary/aromatic N) is 2. The Morgan fingerprint density at radius 2 is 1.97 bits per heavy atom. The van der Waals surface area contributed by atoms with Crippen LogP contribution in [0.3, 0.4) is 0 Å². The molecule has 9 heteroatoms. The molecule has 2 aliphatic carbocycles. The molecule has 1 aromatic heterocycles. The Kier molecular flexibility index (Phi) is 5.66. The van der Waals surface area contributed by atoms with E-state index in [2.05, 4.69) is 40.1 Å². The standard InChI is InChI=1S/C26H30N4O3S2/c1-15(16-5-6-16)19-8-7-17-3-2-4-20(17)24(19)28-26(31)29-35(32,33)25-21(13-27)23-18-9-11-30(12-10-18)14-22(23)34-25/h7-8,15-16,18H,2-6,9-12,14H2,1H3,(H2,28,29,31)/t15-/m1/s1. The minimum atomic E-state index is -4.18. The predicted molar refractivity (Wildman–Crippen MR) is 135 cm³/mol. The highest BCUT2D eigenvalue weighted by Crippen LogP contribution is 2.47. The molecule has 0 unspecified atom stereocenters. The van der Waals surface area contributed by atoms with Crippen LogP contribution in [0.15, 0.2) is 16.3 Å². The first kappa shape index (κ1) is 23.0. The summed E-state index contributed by atoms with van der Waals surface area (Å²) in [5, 5.41) is 12.8. The lowest BCUT2D eigenvalue weighted by atomic mass is 9.90. The summed E-state index contributed by atoms with van der Waals surface area (Å²) in [4.78, 5) is 16.4. The summed E-state index contributed by atoms with van der Waals surface area (Å²) in [5.41, 5.74) is 5.34. The SMILES string of the molecule is C[C@@H](c1ccc2c(c1NC(=O)NS(=O)(=O)c1sc3c(c1C#N)C1CCN(CC1)C3)CCC2)C1CC1. The maximum Gasteiger partial charge on any atom is 0.333 e. The first-order chi connectivity index (χ1) is 16.9. The molecular weight excluding hydrogens is 480 g/mol. The zero-order valence-corrected chi connectivity index (χ0v) is 21.5. The number of nitriles is 1. The van der Waals surface area contributed by atoms with Crippen molar-refractivity contribution >= 4 is 33.1 Å².